The zero-order valence-corrected chi connectivity index (χ0v) is 16.3. The van der Waals surface area contributed by atoms with Gasteiger partial charge in [-0.25, -0.2) is 0 Å². The molecule has 0 radical (unpaired) electrons. The van der Waals surface area contributed by atoms with Gasteiger partial charge in [-0.05, 0) is 36.8 Å². The van der Waals surface area contributed by atoms with Crippen LogP contribution in [0.2, 0.25) is 0 Å². The van der Waals surface area contributed by atoms with Crippen LogP contribution in [0.1, 0.15) is 13.3 Å². The number of carbonyl (C=O) groups is 1. The number of hydrogen-bond donors (Lipinski definition) is 0. The van der Waals surface area contributed by atoms with E-state index >= 15 is 0 Å². The highest BCUT2D eigenvalue weighted by Crippen LogP contribution is 2.32. The third-order valence-electron chi connectivity index (χ3n) is 3.98. The van der Waals surface area contributed by atoms with E-state index < -0.39 is 0 Å². The molecular formula is C18H20N4O4S. The van der Waals surface area contributed by atoms with E-state index in [1.165, 1.54) is 18.9 Å². The number of methoxy groups -OCH3 is 3. The molecule has 0 aliphatic rings. The zero-order chi connectivity index (χ0) is 19.4. The molecule has 9 heteroatoms. The quantitative estimate of drug-likeness (QED) is 0.451. The Hall–Kier alpha value is -2.81. The van der Waals surface area contributed by atoms with Gasteiger partial charge in [-0.3, -0.25) is 4.79 Å². The highest BCUT2D eigenvalue weighted by molar-refractivity contribution is 8.00. The number of carbonyl (C=O) groups excluding carboxylic acids is 1. The monoisotopic (exact) mass is 388 g/mol. The fourth-order valence-corrected chi connectivity index (χ4v) is 3.49. The number of esters is 1. The number of nitrogens with zero attached hydrogens (tertiary/aromatic N) is 4. The third kappa shape index (κ3) is 3.82. The average Bonchev–Trinajstić information content (AvgIpc) is 3.14. The van der Waals surface area contributed by atoms with E-state index in [2.05, 4.69) is 15.3 Å². The van der Waals surface area contributed by atoms with E-state index in [4.69, 9.17) is 14.2 Å². The van der Waals surface area contributed by atoms with Crippen LogP contribution in [0, 0.1) is 0 Å². The molecule has 1 aromatic carbocycles. The number of rotatable bonds is 7. The number of benzene rings is 1. The van der Waals surface area contributed by atoms with Gasteiger partial charge in [0.05, 0.1) is 21.3 Å². The summed E-state index contributed by atoms with van der Waals surface area (Å²) in [4.78, 5) is 11.9. The van der Waals surface area contributed by atoms with Crippen LogP contribution in [0.25, 0.3) is 17.0 Å². The average molecular weight is 388 g/mol. The van der Waals surface area contributed by atoms with Crippen LogP contribution in [0.3, 0.4) is 0 Å². The fraction of sp³-hybridized carbons (Fsp3) is 0.333. The first-order chi connectivity index (χ1) is 13.1. The van der Waals surface area contributed by atoms with E-state index in [-0.39, 0.29) is 11.2 Å². The molecule has 0 amide bonds. The van der Waals surface area contributed by atoms with Crippen molar-refractivity contribution in [2.24, 2.45) is 0 Å². The Morgan fingerprint density at radius 2 is 1.89 bits per heavy atom. The van der Waals surface area contributed by atoms with Gasteiger partial charge in [0.2, 0.25) is 0 Å². The Morgan fingerprint density at radius 3 is 2.56 bits per heavy atom. The van der Waals surface area contributed by atoms with Crippen LogP contribution in [0.15, 0.2) is 35.4 Å². The molecule has 0 saturated heterocycles. The first-order valence-corrected chi connectivity index (χ1v) is 9.18. The minimum absolute atomic E-state index is 0.270. The third-order valence-corrected chi connectivity index (χ3v) is 5.25. The summed E-state index contributed by atoms with van der Waals surface area (Å²) in [7, 11) is 4.55. The molecule has 0 bridgehead atoms. The molecule has 142 valence electrons. The zero-order valence-electron chi connectivity index (χ0n) is 15.5. The van der Waals surface area contributed by atoms with Crippen molar-refractivity contribution in [3.05, 3.63) is 30.3 Å². The smallest absolute Gasteiger partial charge is 0.319 e. The number of aromatic nitrogens is 4. The van der Waals surface area contributed by atoms with Crippen molar-refractivity contribution < 1.29 is 19.0 Å². The lowest BCUT2D eigenvalue weighted by Crippen LogP contribution is -2.18. The molecule has 2 aromatic heterocycles. The van der Waals surface area contributed by atoms with E-state index in [1.54, 1.807) is 24.8 Å². The SMILES string of the molecule is CCC(Sc1ccc2nnc(-c3ccc(OC)c(OC)c3)n2n1)C(=O)OC. The standard InChI is InChI=1S/C18H20N4O4S/c1-5-14(18(23)26-4)27-16-9-8-15-19-20-17(22(15)21-16)11-6-7-12(24-2)13(10-11)25-3/h6-10,14H,5H2,1-4H3. The normalized spacial score (nSPS) is 12.0. The second-order valence-electron chi connectivity index (χ2n) is 5.57. The summed E-state index contributed by atoms with van der Waals surface area (Å²) in [6, 6.07) is 9.12. The number of hydrogen-bond acceptors (Lipinski definition) is 8. The Balaban J connectivity index is 1.99. The molecule has 0 aliphatic heterocycles. The van der Waals surface area contributed by atoms with Crippen molar-refractivity contribution in [3.63, 3.8) is 0 Å². The topological polar surface area (TPSA) is 87.8 Å². The Kier molecular flexibility index (Phi) is 5.80. The van der Waals surface area contributed by atoms with Crippen LogP contribution >= 0.6 is 11.8 Å². The van der Waals surface area contributed by atoms with Gasteiger partial charge in [0.25, 0.3) is 0 Å². The summed E-state index contributed by atoms with van der Waals surface area (Å²) in [5.74, 6) is 1.52. The Labute approximate surface area is 160 Å². The predicted molar refractivity (Wildman–Crippen MR) is 101 cm³/mol. The van der Waals surface area contributed by atoms with E-state index in [1.807, 2.05) is 31.2 Å². The van der Waals surface area contributed by atoms with Crippen LogP contribution in [-0.4, -0.2) is 52.4 Å². The first-order valence-electron chi connectivity index (χ1n) is 8.30. The molecular weight excluding hydrogens is 368 g/mol. The summed E-state index contributed by atoms with van der Waals surface area (Å²) >= 11 is 1.35. The molecule has 3 aromatic rings. The van der Waals surface area contributed by atoms with Gasteiger partial charge in [-0.1, -0.05) is 18.7 Å². The molecule has 2 heterocycles. The van der Waals surface area contributed by atoms with Gasteiger partial charge in [0.15, 0.2) is 23.0 Å². The highest BCUT2D eigenvalue weighted by Gasteiger charge is 2.20. The summed E-state index contributed by atoms with van der Waals surface area (Å²) in [5, 5.41) is 13.4. The van der Waals surface area contributed by atoms with E-state index in [0.29, 0.717) is 34.4 Å². The molecule has 27 heavy (non-hydrogen) atoms. The molecule has 8 nitrogen and oxygen atoms in total. The van der Waals surface area contributed by atoms with Gasteiger partial charge < -0.3 is 14.2 Å². The summed E-state index contributed by atoms with van der Waals surface area (Å²) in [5.41, 5.74) is 1.39. The van der Waals surface area contributed by atoms with Crippen LogP contribution in [0.5, 0.6) is 11.5 Å². The fourth-order valence-electron chi connectivity index (χ4n) is 2.57. The minimum Gasteiger partial charge on any atom is -0.493 e. The summed E-state index contributed by atoms with van der Waals surface area (Å²) < 4.78 is 17.1. The molecule has 0 spiro atoms. The van der Waals surface area contributed by atoms with Gasteiger partial charge in [-0.2, -0.15) is 9.61 Å². The van der Waals surface area contributed by atoms with Crippen molar-refractivity contribution in [3.8, 4) is 22.9 Å². The van der Waals surface area contributed by atoms with Gasteiger partial charge in [0, 0.05) is 5.56 Å². The highest BCUT2D eigenvalue weighted by atomic mass is 32.2. The Bertz CT molecular complexity index is 960. The second kappa shape index (κ2) is 8.26. The van der Waals surface area contributed by atoms with Gasteiger partial charge in [-0.15, -0.1) is 10.2 Å². The van der Waals surface area contributed by atoms with Crippen LogP contribution < -0.4 is 9.47 Å². The Morgan fingerprint density at radius 1 is 1.11 bits per heavy atom. The largest absolute Gasteiger partial charge is 0.493 e. The molecule has 1 atom stereocenters. The molecule has 0 fully saturated rings. The van der Waals surface area contributed by atoms with Crippen molar-refractivity contribution >= 4 is 23.4 Å². The first kappa shape index (κ1) is 19.0. The van der Waals surface area contributed by atoms with Crippen molar-refractivity contribution in [2.75, 3.05) is 21.3 Å². The molecule has 0 aliphatic carbocycles. The lowest BCUT2D eigenvalue weighted by Gasteiger charge is -2.11. The maximum absolute atomic E-state index is 11.9. The van der Waals surface area contributed by atoms with Crippen molar-refractivity contribution in [1.82, 2.24) is 19.8 Å². The maximum atomic E-state index is 11.9. The van der Waals surface area contributed by atoms with Crippen molar-refractivity contribution in [2.45, 2.75) is 23.6 Å². The van der Waals surface area contributed by atoms with E-state index in [9.17, 15) is 4.79 Å². The van der Waals surface area contributed by atoms with E-state index in [0.717, 1.165) is 5.56 Å². The number of thioether (sulfide) groups is 1. The van der Waals surface area contributed by atoms with Crippen LogP contribution in [-0.2, 0) is 9.53 Å². The van der Waals surface area contributed by atoms with Gasteiger partial charge >= 0.3 is 5.97 Å². The number of ether oxygens (including phenoxy) is 3. The van der Waals surface area contributed by atoms with Crippen molar-refractivity contribution in [1.29, 1.82) is 0 Å². The lowest BCUT2D eigenvalue weighted by atomic mass is 10.2. The van der Waals surface area contributed by atoms with Gasteiger partial charge in [0.1, 0.15) is 10.3 Å². The second-order valence-corrected chi connectivity index (χ2v) is 6.80. The lowest BCUT2D eigenvalue weighted by molar-refractivity contribution is -0.140. The molecule has 3 rings (SSSR count). The predicted octanol–water partition coefficient (Wildman–Crippen LogP) is 2.85. The minimum atomic E-state index is -0.319. The molecule has 0 N–H and O–H groups in total. The number of fused-ring (bicyclic) bond motifs is 1. The molecule has 1 unspecified atom stereocenters. The van der Waals surface area contributed by atoms with Crippen LogP contribution in [0.4, 0.5) is 0 Å². The summed E-state index contributed by atoms with van der Waals surface area (Å²) in [6.07, 6.45) is 0.641. The summed E-state index contributed by atoms with van der Waals surface area (Å²) in [6.45, 7) is 1.93. The molecule has 0 saturated carbocycles. The maximum Gasteiger partial charge on any atom is 0.319 e.